The van der Waals surface area contributed by atoms with E-state index in [1.54, 1.807) is 17.0 Å². The SMILES string of the molecule is O=C(CC1(O)CCCCC1)N1C[C@@H](O)C[C@@H]1c1ccc(F)cc1. The van der Waals surface area contributed by atoms with Crippen LogP contribution >= 0.6 is 0 Å². The van der Waals surface area contributed by atoms with E-state index in [1.807, 2.05) is 0 Å². The van der Waals surface area contributed by atoms with Gasteiger partial charge in [-0.1, -0.05) is 31.4 Å². The van der Waals surface area contributed by atoms with Gasteiger partial charge in [-0.25, -0.2) is 4.39 Å². The predicted octanol–water partition coefficient (Wildman–Crippen LogP) is 2.55. The topological polar surface area (TPSA) is 60.8 Å². The number of likely N-dealkylation sites (tertiary alicyclic amines) is 1. The number of halogens is 1. The predicted molar refractivity (Wildman–Crippen MR) is 84.1 cm³/mol. The molecule has 2 fully saturated rings. The molecule has 1 aliphatic carbocycles. The van der Waals surface area contributed by atoms with Gasteiger partial charge in [0, 0.05) is 6.54 Å². The van der Waals surface area contributed by atoms with Crippen molar-refractivity contribution in [3.63, 3.8) is 0 Å². The first-order valence-electron chi connectivity index (χ1n) is 8.42. The summed E-state index contributed by atoms with van der Waals surface area (Å²) in [5.41, 5.74) is -0.0807. The van der Waals surface area contributed by atoms with E-state index in [4.69, 9.17) is 0 Å². The molecule has 5 heteroatoms. The Hall–Kier alpha value is -1.46. The number of nitrogens with zero attached hydrogens (tertiary/aromatic N) is 1. The molecule has 1 heterocycles. The molecule has 3 rings (SSSR count). The smallest absolute Gasteiger partial charge is 0.226 e. The van der Waals surface area contributed by atoms with Crippen molar-refractivity contribution in [2.75, 3.05) is 6.54 Å². The van der Waals surface area contributed by atoms with Gasteiger partial charge in [0.25, 0.3) is 0 Å². The molecule has 0 spiro atoms. The third-order valence-electron chi connectivity index (χ3n) is 5.12. The minimum Gasteiger partial charge on any atom is -0.391 e. The number of benzene rings is 1. The van der Waals surface area contributed by atoms with Crippen molar-refractivity contribution in [1.82, 2.24) is 4.90 Å². The van der Waals surface area contributed by atoms with Crippen molar-refractivity contribution in [2.24, 2.45) is 0 Å². The van der Waals surface area contributed by atoms with E-state index >= 15 is 0 Å². The number of rotatable bonds is 3. The summed E-state index contributed by atoms with van der Waals surface area (Å²) in [7, 11) is 0. The van der Waals surface area contributed by atoms with E-state index in [-0.39, 0.29) is 30.7 Å². The van der Waals surface area contributed by atoms with Crippen molar-refractivity contribution in [3.8, 4) is 0 Å². The number of β-amino-alcohol motifs (C(OH)–C–C–N with tert-alkyl or cyclic N) is 1. The molecule has 0 bridgehead atoms. The molecule has 1 aromatic rings. The Labute approximate surface area is 135 Å². The average Bonchev–Trinajstić information content (AvgIpc) is 2.90. The van der Waals surface area contributed by atoms with Gasteiger partial charge in [0.05, 0.1) is 24.2 Å². The first-order valence-corrected chi connectivity index (χ1v) is 8.42. The molecule has 0 radical (unpaired) electrons. The highest BCUT2D eigenvalue weighted by Gasteiger charge is 2.39. The number of hydrogen-bond acceptors (Lipinski definition) is 3. The largest absolute Gasteiger partial charge is 0.391 e. The summed E-state index contributed by atoms with van der Waals surface area (Å²) in [6.45, 7) is 0.275. The first-order chi connectivity index (χ1) is 11.0. The Morgan fingerprint density at radius 3 is 2.52 bits per heavy atom. The molecule has 23 heavy (non-hydrogen) atoms. The summed E-state index contributed by atoms with van der Waals surface area (Å²) >= 11 is 0. The lowest BCUT2D eigenvalue weighted by atomic mass is 9.82. The first kappa shape index (κ1) is 16.4. The molecule has 2 atom stereocenters. The van der Waals surface area contributed by atoms with Gasteiger partial charge in [0.1, 0.15) is 5.82 Å². The van der Waals surface area contributed by atoms with Gasteiger partial charge in [-0.3, -0.25) is 4.79 Å². The molecule has 126 valence electrons. The molecule has 2 aliphatic rings. The molecule has 4 nitrogen and oxygen atoms in total. The van der Waals surface area contributed by atoms with Crippen LogP contribution in [-0.2, 0) is 4.79 Å². The van der Waals surface area contributed by atoms with Crippen molar-refractivity contribution >= 4 is 5.91 Å². The molecule has 0 aromatic heterocycles. The van der Waals surface area contributed by atoms with Crippen LogP contribution in [0.4, 0.5) is 4.39 Å². The van der Waals surface area contributed by atoms with Gasteiger partial charge in [0.2, 0.25) is 5.91 Å². The number of carbonyl (C=O) groups is 1. The number of hydrogen-bond donors (Lipinski definition) is 2. The summed E-state index contributed by atoms with van der Waals surface area (Å²) < 4.78 is 13.1. The molecular formula is C18H24FNO3. The van der Waals surface area contributed by atoms with Crippen molar-refractivity contribution in [2.45, 2.75) is 62.7 Å². The molecule has 1 amide bonds. The maximum atomic E-state index is 13.1. The second-order valence-corrected chi connectivity index (χ2v) is 6.96. The number of aliphatic hydroxyl groups is 2. The number of carbonyl (C=O) groups excluding carboxylic acids is 1. The fourth-order valence-corrected chi connectivity index (χ4v) is 3.86. The molecule has 0 unspecified atom stereocenters. The van der Waals surface area contributed by atoms with Crippen LogP contribution in [0, 0.1) is 5.82 Å². The van der Waals surface area contributed by atoms with Crippen molar-refractivity contribution < 1.29 is 19.4 Å². The lowest BCUT2D eigenvalue weighted by Gasteiger charge is -2.34. The summed E-state index contributed by atoms with van der Waals surface area (Å²) in [5, 5.41) is 20.6. The maximum Gasteiger partial charge on any atom is 0.226 e. The zero-order chi connectivity index (χ0) is 16.4. The molecule has 1 saturated carbocycles. The van der Waals surface area contributed by atoms with Crippen molar-refractivity contribution in [3.05, 3.63) is 35.6 Å². The van der Waals surface area contributed by atoms with Gasteiger partial charge in [-0.2, -0.15) is 0 Å². The van der Waals surface area contributed by atoms with Crippen LogP contribution in [0.5, 0.6) is 0 Å². The Bertz CT molecular complexity index is 554. The molecule has 1 aromatic carbocycles. The second kappa shape index (κ2) is 6.57. The van der Waals surface area contributed by atoms with Gasteiger partial charge in [-0.05, 0) is 37.0 Å². The summed E-state index contributed by atoms with van der Waals surface area (Å²) in [6, 6.07) is 5.82. The van der Waals surface area contributed by atoms with E-state index in [0.29, 0.717) is 19.3 Å². The Morgan fingerprint density at radius 1 is 1.22 bits per heavy atom. The van der Waals surface area contributed by atoms with Gasteiger partial charge >= 0.3 is 0 Å². The van der Waals surface area contributed by atoms with Crippen LogP contribution in [0.1, 0.15) is 56.6 Å². The Kier molecular flexibility index (Phi) is 4.69. The summed E-state index contributed by atoms with van der Waals surface area (Å²) in [6.07, 6.45) is 4.33. The second-order valence-electron chi connectivity index (χ2n) is 6.96. The fraction of sp³-hybridized carbons (Fsp3) is 0.611. The Balaban J connectivity index is 1.73. The third-order valence-corrected chi connectivity index (χ3v) is 5.12. The Morgan fingerprint density at radius 2 is 1.87 bits per heavy atom. The maximum absolute atomic E-state index is 13.1. The van der Waals surface area contributed by atoms with Crippen LogP contribution in [0.25, 0.3) is 0 Å². The van der Waals surface area contributed by atoms with Gasteiger partial charge in [-0.15, -0.1) is 0 Å². The van der Waals surface area contributed by atoms with Crippen molar-refractivity contribution in [1.29, 1.82) is 0 Å². The van der Waals surface area contributed by atoms with Crippen LogP contribution < -0.4 is 0 Å². The molecule has 1 saturated heterocycles. The highest BCUT2D eigenvalue weighted by molar-refractivity contribution is 5.78. The van der Waals surface area contributed by atoms with Gasteiger partial charge < -0.3 is 15.1 Å². The zero-order valence-electron chi connectivity index (χ0n) is 13.2. The van der Waals surface area contributed by atoms with E-state index in [2.05, 4.69) is 0 Å². The van der Waals surface area contributed by atoms with E-state index in [0.717, 1.165) is 24.8 Å². The third kappa shape index (κ3) is 3.72. The summed E-state index contributed by atoms with van der Waals surface area (Å²) in [4.78, 5) is 14.3. The van der Waals surface area contributed by atoms with Crippen LogP contribution in [0.2, 0.25) is 0 Å². The minimum atomic E-state index is -0.907. The van der Waals surface area contributed by atoms with E-state index < -0.39 is 11.7 Å². The van der Waals surface area contributed by atoms with E-state index in [1.165, 1.54) is 12.1 Å². The zero-order valence-corrected chi connectivity index (χ0v) is 13.2. The number of aliphatic hydroxyl groups excluding tert-OH is 1. The van der Waals surface area contributed by atoms with Crippen LogP contribution in [0.3, 0.4) is 0 Å². The highest BCUT2D eigenvalue weighted by atomic mass is 19.1. The van der Waals surface area contributed by atoms with Gasteiger partial charge in [0.15, 0.2) is 0 Å². The number of amides is 1. The summed E-state index contributed by atoms with van der Waals surface area (Å²) in [5.74, 6) is -0.443. The standard InChI is InChI=1S/C18H24FNO3/c19-14-6-4-13(5-7-14)16-10-15(21)12-20(16)17(22)11-18(23)8-2-1-3-9-18/h4-7,15-16,21,23H,1-3,8-12H2/t15-,16+/m0/s1. The monoisotopic (exact) mass is 321 g/mol. The normalized spacial score (nSPS) is 27.2. The lowest BCUT2D eigenvalue weighted by molar-refractivity contribution is -0.139. The average molecular weight is 321 g/mol. The van der Waals surface area contributed by atoms with Crippen LogP contribution in [-0.4, -0.2) is 39.3 Å². The molecule has 2 N–H and O–H groups in total. The minimum absolute atomic E-state index is 0.109. The molecular weight excluding hydrogens is 297 g/mol. The fourth-order valence-electron chi connectivity index (χ4n) is 3.86. The highest BCUT2D eigenvalue weighted by Crippen LogP contribution is 2.36. The van der Waals surface area contributed by atoms with Crippen LogP contribution in [0.15, 0.2) is 24.3 Å². The molecule has 1 aliphatic heterocycles. The lowest BCUT2D eigenvalue weighted by Crippen LogP contribution is -2.40. The quantitative estimate of drug-likeness (QED) is 0.899. The van der Waals surface area contributed by atoms with E-state index in [9.17, 15) is 19.4 Å².